The number of carbonyl (C=O) groups excluding carboxylic acids is 2. The highest BCUT2D eigenvalue weighted by molar-refractivity contribution is 9.10. The maximum absolute atomic E-state index is 13.6. The smallest absolute Gasteiger partial charge is 0.261 e. The van der Waals surface area contributed by atoms with Gasteiger partial charge in [0.2, 0.25) is 5.91 Å². The van der Waals surface area contributed by atoms with Crippen molar-refractivity contribution in [3.05, 3.63) is 100 Å². The van der Waals surface area contributed by atoms with Crippen molar-refractivity contribution in [2.45, 2.75) is 52.1 Å². The molecule has 190 valence electrons. The van der Waals surface area contributed by atoms with Gasteiger partial charge in [0.25, 0.3) is 5.91 Å². The molecular formula is C30H35BrN2O3. The van der Waals surface area contributed by atoms with Crippen molar-refractivity contribution in [3.63, 3.8) is 0 Å². The fourth-order valence-electron chi connectivity index (χ4n) is 3.88. The van der Waals surface area contributed by atoms with Gasteiger partial charge in [0, 0.05) is 24.0 Å². The first-order chi connectivity index (χ1) is 17.4. The first-order valence-electron chi connectivity index (χ1n) is 12.5. The second-order valence-electron chi connectivity index (χ2n) is 9.16. The number of rotatable bonds is 12. The summed E-state index contributed by atoms with van der Waals surface area (Å²) in [6, 6.07) is 24.7. The number of nitrogens with one attached hydrogen (secondary N) is 1. The first-order valence-corrected chi connectivity index (χ1v) is 13.2. The Morgan fingerprint density at radius 2 is 1.58 bits per heavy atom. The number of carbonyl (C=O) groups is 2. The standard InChI is InChI=1S/C30H35BrN2O3/c1-4-18-32-30(35)28(19-23-8-6-5-7-9-23)33(20-24-10-14-26(31)15-11-24)29(34)21-36-27-16-12-25(13-17-27)22(2)3/h5-17,22,28H,4,18-21H2,1-3H3,(H,32,35). The number of hydrogen-bond acceptors (Lipinski definition) is 3. The average molecular weight is 552 g/mol. The van der Waals surface area contributed by atoms with Crippen molar-refractivity contribution in [3.8, 4) is 5.75 Å². The summed E-state index contributed by atoms with van der Waals surface area (Å²) in [5, 5.41) is 2.99. The van der Waals surface area contributed by atoms with Crippen LogP contribution in [0.15, 0.2) is 83.3 Å². The first kappa shape index (κ1) is 27.5. The molecule has 0 fully saturated rings. The second kappa shape index (κ2) is 13.8. The molecule has 0 aliphatic carbocycles. The van der Waals surface area contributed by atoms with E-state index in [0.717, 1.165) is 22.0 Å². The molecule has 3 aromatic rings. The SMILES string of the molecule is CCCNC(=O)C(Cc1ccccc1)N(Cc1ccc(Br)cc1)C(=O)COc1ccc(C(C)C)cc1. The molecule has 0 aliphatic rings. The van der Waals surface area contributed by atoms with Crippen LogP contribution in [0, 0.1) is 0 Å². The van der Waals surface area contributed by atoms with Crippen molar-refractivity contribution >= 4 is 27.7 Å². The maximum atomic E-state index is 13.6. The third-order valence-electron chi connectivity index (χ3n) is 6.00. The monoisotopic (exact) mass is 550 g/mol. The molecule has 1 N–H and O–H groups in total. The summed E-state index contributed by atoms with van der Waals surface area (Å²) in [6.45, 7) is 6.99. The number of hydrogen-bond donors (Lipinski definition) is 1. The van der Waals surface area contributed by atoms with E-state index >= 15 is 0 Å². The Kier molecular flexibility index (Phi) is 10.6. The third kappa shape index (κ3) is 8.23. The Morgan fingerprint density at radius 1 is 0.917 bits per heavy atom. The van der Waals surface area contributed by atoms with Gasteiger partial charge in [-0.3, -0.25) is 9.59 Å². The van der Waals surface area contributed by atoms with Crippen molar-refractivity contribution in [1.82, 2.24) is 10.2 Å². The number of halogens is 1. The topological polar surface area (TPSA) is 58.6 Å². The van der Waals surface area contributed by atoms with E-state index in [1.54, 1.807) is 4.90 Å². The molecule has 0 heterocycles. The fraction of sp³-hybridized carbons (Fsp3) is 0.333. The van der Waals surface area contributed by atoms with Gasteiger partial charge in [-0.2, -0.15) is 0 Å². The van der Waals surface area contributed by atoms with Crippen LogP contribution in [0.5, 0.6) is 5.75 Å². The van der Waals surface area contributed by atoms with Crippen LogP contribution in [-0.4, -0.2) is 35.9 Å². The van der Waals surface area contributed by atoms with Crippen molar-refractivity contribution in [1.29, 1.82) is 0 Å². The zero-order valence-electron chi connectivity index (χ0n) is 21.2. The predicted molar refractivity (Wildman–Crippen MR) is 148 cm³/mol. The lowest BCUT2D eigenvalue weighted by atomic mass is 10.0. The van der Waals surface area contributed by atoms with Crippen LogP contribution < -0.4 is 10.1 Å². The molecule has 1 unspecified atom stereocenters. The lowest BCUT2D eigenvalue weighted by Gasteiger charge is -2.31. The lowest BCUT2D eigenvalue weighted by molar-refractivity contribution is -0.142. The largest absolute Gasteiger partial charge is 0.484 e. The highest BCUT2D eigenvalue weighted by atomic mass is 79.9. The fourth-order valence-corrected chi connectivity index (χ4v) is 4.15. The van der Waals surface area contributed by atoms with Crippen LogP contribution in [0.4, 0.5) is 0 Å². The van der Waals surface area contributed by atoms with Crippen molar-refractivity contribution < 1.29 is 14.3 Å². The van der Waals surface area contributed by atoms with Gasteiger partial charge in [0.05, 0.1) is 0 Å². The normalized spacial score (nSPS) is 11.7. The van der Waals surface area contributed by atoms with Crippen LogP contribution in [0.25, 0.3) is 0 Å². The molecule has 3 aromatic carbocycles. The lowest BCUT2D eigenvalue weighted by Crippen LogP contribution is -2.51. The summed E-state index contributed by atoms with van der Waals surface area (Å²) >= 11 is 3.47. The Labute approximate surface area is 223 Å². The highest BCUT2D eigenvalue weighted by Crippen LogP contribution is 2.20. The highest BCUT2D eigenvalue weighted by Gasteiger charge is 2.30. The van der Waals surface area contributed by atoms with Gasteiger partial charge in [-0.1, -0.05) is 91.3 Å². The average Bonchev–Trinajstić information content (AvgIpc) is 2.89. The Morgan fingerprint density at radius 3 is 2.19 bits per heavy atom. The molecule has 0 radical (unpaired) electrons. The second-order valence-corrected chi connectivity index (χ2v) is 10.1. The summed E-state index contributed by atoms with van der Waals surface area (Å²) in [4.78, 5) is 28.5. The van der Waals surface area contributed by atoms with E-state index in [4.69, 9.17) is 4.74 Å². The molecule has 0 aromatic heterocycles. The summed E-state index contributed by atoms with van der Waals surface area (Å²) in [5.74, 6) is 0.653. The number of nitrogens with zero attached hydrogens (tertiary/aromatic N) is 1. The molecule has 5 nitrogen and oxygen atoms in total. The van der Waals surface area contributed by atoms with E-state index in [9.17, 15) is 9.59 Å². The van der Waals surface area contributed by atoms with Gasteiger partial charge in [0.1, 0.15) is 11.8 Å². The minimum absolute atomic E-state index is 0.149. The van der Waals surface area contributed by atoms with E-state index in [0.29, 0.717) is 31.2 Å². The third-order valence-corrected chi connectivity index (χ3v) is 6.52. The summed E-state index contributed by atoms with van der Waals surface area (Å²) in [7, 11) is 0. The van der Waals surface area contributed by atoms with E-state index in [-0.39, 0.29) is 18.4 Å². The molecule has 1 atom stereocenters. The van der Waals surface area contributed by atoms with Gasteiger partial charge in [-0.15, -0.1) is 0 Å². The van der Waals surface area contributed by atoms with Crippen LogP contribution in [-0.2, 0) is 22.6 Å². The molecule has 0 aliphatic heterocycles. The van der Waals surface area contributed by atoms with Gasteiger partial charge in [0.15, 0.2) is 6.61 Å². The van der Waals surface area contributed by atoms with Crippen LogP contribution in [0.1, 0.15) is 49.8 Å². The number of benzene rings is 3. The quantitative estimate of drug-likeness (QED) is 0.295. The van der Waals surface area contributed by atoms with Crippen molar-refractivity contribution in [2.24, 2.45) is 0 Å². The number of amides is 2. The van der Waals surface area contributed by atoms with E-state index in [2.05, 4.69) is 35.1 Å². The Bertz CT molecular complexity index is 1100. The predicted octanol–water partition coefficient (Wildman–Crippen LogP) is 6.12. The molecule has 3 rings (SSSR count). The van der Waals surface area contributed by atoms with Crippen LogP contribution >= 0.6 is 15.9 Å². The zero-order chi connectivity index (χ0) is 25.9. The minimum Gasteiger partial charge on any atom is -0.484 e. The van der Waals surface area contributed by atoms with Crippen LogP contribution in [0.3, 0.4) is 0 Å². The Hall–Kier alpha value is -3.12. The van der Waals surface area contributed by atoms with Crippen molar-refractivity contribution in [2.75, 3.05) is 13.2 Å². The molecule has 0 saturated carbocycles. The summed E-state index contributed by atoms with van der Waals surface area (Å²) in [5.41, 5.74) is 3.14. The van der Waals surface area contributed by atoms with Gasteiger partial charge >= 0.3 is 0 Å². The van der Waals surface area contributed by atoms with Crippen LogP contribution in [0.2, 0.25) is 0 Å². The van der Waals surface area contributed by atoms with E-state index in [1.165, 1.54) is 5.56 Å². The maximum Gasteiger partial charge on any atom is 0.261 e. The minimum atomic E-state index is -0.665. The molecular weight excluding hydrogens is 516 g/mol. The van der Waals surface area contributed by atoms with E-state index in [1.807, 2.05) is 85.8 Å². The van der Waals surface area contributed by atoms with Gasteiger partial charge in [-0.05, 0) is 53.3 Å². The van der Waals surface area contributed by atoms with E-state index < -0.39 is 6.04 Å². The molecule has 2 amide bonds. The van der Waals surface area contributed by atoms with Gasteiger partial charge in [-0.25, -0.2) is 0 Å². The molecule has 0 bridgehead atoms. The molecule has 6 heteroatoms. The summed E-state index contributed by atoms with van der Waals surface area (Å²) in [6.07, 6.45) is 1.24. The van der Waals surface area contributed by atoms with Gasteiger partial charge < -0.3 is 15.0 Å². The molecule has 36 heavy (non-hydrogen) atoms. The summed E-state index contributed by atoms with van der Waals surface area (Å²) < 4.78 is 6.83. The Balaban J connectivity index is 1.85. The zero-order valence-corrected chi connectivity index (χ0v) is 22.8. The molecule has 0 saturated heterocycles. The number of ether oxygens (including phenoxy) is 1. The molecule has 0 spiro atoms.